The first-order valence-corrected chi connectivity index (χ1v) is 15.5. The second-order valence-electron chi connectivity index (χ2n) is 10.2. The minimum Gasteiger partial charge on any atom is -0.497 e. The summed E-state index contributed by atoms with van der Waals surface area (Å²) in [4.78, 5) is 39.6. The molecule has 0 aliphatic rings. The van der Waals surface area contributed by atoms with Gasteiger partial charge in [-0.1, -0.05) is 66.7 Å². The van der Waals surface area contributed by atoms with Crippen LogP contribution in [-0.4, -0.2) is 56.8 Å². The highest BCUT2D eigenvalue weighted by Gasteiger charge is 2.35. The molecule has 0 saturated heterocycles. The topological polar surface area (TPSA) is 139 Å². The number of hydrogen-bond donors (Lipinski definition) is 1. The average Bonchev–Trinajstić information content (AvgIpc) is 3.05. The van der Waals surface area contributed by atoms with Crippen LogP contribution in [-0.2, 0) is 32.6 Å². The van der Waals surface area contributed by atoms with Crippen LogP contribution in [0.25, 0.3) is 0 Å². The van der Waals surface area contributed by atoms with Crippen LogP contribution in [0.1, 0.15) is 16.7 Å². The van der Waals surface area contributed by atoms with Crippen LogP contribution in [0.15, 0.2) is 108 Å². The Kier molecular flexibility index (Phi) is 10.5. The van der Waals surface area contributed by atoms with Gasteiger partial charge in [0.05, 0.1) is 22.6 Å². The van der Waals surface area contributed by atoms with Gasteiger partial charge >= 0.3 is 0 Å². The summed E-state index contributed by atoms with van der Waals surface area (Å²) in [6.07, 6.45) is 0.179. The van der Waals surface area contributed by atoms with Gasteiger partial charge in [-0.25, -0.2) is 8.42 Å². The van der Waals surface area contributed by atoms with Crippen LogP contribution in [0.2, 0.25) is 0 Å². The van der Waals surface area contributed by atoms with Crippen LogP contribution < -0.4 is 14.4 Å². The van der Waals surface area contributed by atoms with Gasteiger partial charge in [-0.3, -0.25) is 24.0 Å². The normalized spacial score (nSPS) is 11.7. The van der Waals surface area contributed by atoms with E-state index in [1.807, 2.05) is 60.7 Å². The molecule has 4 aromatic rings. The number of amides is 2. The van der Waals surface area contributed by atoms with E-state index in [-0.39, 0.29) is 34.8 Å². The van der Waals surface area contributed by atoms with Gasteiger partial charge in [0.1, 0.15) is 18.3 Å². The number of nitro groups is 1. The number of methoxy groups -OCH3 is 1. The molecule has 0 aliphatic heterocycles. The van der Waals surface area contributed by atoms with E-state index in [1.165, 1.54) is 50.2 Å². The van der Waals surface area contributed by atoms with E-state index in [0.717, 1.165) is 21.5 Å². The number of sulfonamides is 1. The minimum atomic E-state index is -4.52. The Labute approximate surface area is 262 Å². The number of hydrogen-bond acceptors (Lipinski definition) is 7. The van der Waals surface area contributed by atoms with Crippen LogP contribution in [0.4, 0.5) is 11.4 Å². The molecule has 1 atom stereocenters. The number of nitro benzene ring substituents is 1. The molecule has 0 radical (unpaired) electrons. The SMILES string of the molecule is CNC(=O)[C@@H](Cc1ccccc1)N(Cc1ccccc1)C(=O)CN(c1ccc(OC)cc1)S(=O)(=O)c1ccc(C)c([N+](=O)[O-])c1. The summed E-state index contributed by atoms with van der Waals surface area (Å²) in [7, 11) is -1.58. The fourth-order valence-electron chi connectivity index (χ4n) is 4.85. The summed E-state index contributed by atoms with van der Waals surface area (Å²) in [5.74, 6) is -0.609. The summed E-state index contributed by atoms with van der Waals surface area (Å²) in [5, 5.41) is 14.3. The third kappa shape index (κ3) is 7.84. The molecule has 0 aromatic heterocycles. The highest BCUT2D eigenvalue weighted by molar-refractivity contribution is 7.92. The molecule has 0 spiro atoms. The van der Waals surface area contributed by atoms with Gasteiger partial charge in [-0.2, -0.15) is 0 Å². The zero-order valence-electron chi connectivity index (χ0n) is 25.1. The molecule has 4 aromatic carbocycles. The van der Waals surface area contributed by atoms with Crippen molar-refractivity contribution in [1.29, 1.82) is 0 Å². The zero-order valence-corrected chi connectivity index (χ0v) is 25.9. The van der Waals surface area contributed by atoms with Gasteiger partial charge in [0, 0.05) is 31.6 Å². The maximum atomic E-state index is 14.3. The van der Waals surface area contributed by atoms with Crippen molar-refractivity contribution in [2.75, 3.05) is 25.0 Å². The fourth-order valence-corrected chi connectivity index (χ4v) is 6.29. The first-order chi connectivity index (χ1) is 21.5. The molecule has 0 heterocycles. The van der Waals surface area contributed by atoms with Gasteiger partial charge in [-0.15, -0.1) is 0 Å². The molecule has 4 rings (SSSR count). The summed E-state index contributed by atoms with van der Waals surface area (Å²) >= 11 is 0. The monoisotopic (exact) mass is 630 g/mol. The molecule has 0 saturated carbocycles. The second-order valence-corrected chi connectivity index (χ2v) is 12.1. The maximum absolute atomic E-state index is 14.3. The van der Waals surface area contributed by atoms with Crippen LogP contribution in [0.3, 0.4) is 0 Å². The second kappa shape index (κ2) is 14.5. The number of ether oxygens (including phenoxy) is 1. The van der Waals surface area contributed by atoms with Crippen molar-refractivity contribution < 1.29 is 27.7 Å². The third-order valence-electron chi connectivity index (χ3n) is 7.32. The van der Waals surface area contributed by atoms with Crippen LogP contribution in [0, 0.1) is 17.0 Å². The molecule has 45 heavy (non-hydrogen) atoms. The van der Waals surface area contributed by atoms with Gasteiger partial charge in [0.2, 0.25) is 11.8 Å². The quantitative estimate of drug-likeness (QED) is 0.170. The van der Waals surface area contributed by atoms with E-state index in [4.69, 9.17) is 4.74 Å². The fraction of sp³-hybridized carbons (Fsp3) is 0.212. The lowest BCUT2D eigenvalue weighted by Gasteiger charge is -2.33. The summed E-state index contributed by atoms with van der Waals surface area (Å²) in [5.41, 5.74) is 1.59. The summed E-state index contributed by atoms with van der Waals surface area (Å²) < 4.78 is 34.4. The molecule has 2 amide bonds. The first kappa shape index (κ1) is 32.7. The molecule has 1 N–H and O–H groups in total. The third-order valence-corrected chi connectivity index (χ3v) is 9.09. The molecule has 0 fully saturated rings. The van der Waals surface area contributed by atoms with Crippen molar-refractivity contribution >= 4 is 33.2 Å². The lowest BCUT2D eigenvalue weighted by molar-refractivity contribution is -0.385. The van der Waals surface area contributed by atoms with Crippen molar-refractivity contribution in [3.05, 3.63) is 130 Å². The van der Waals surface area contributed by atoms with E-state index in [0.29, 0.717) is 5.75 Å². The van der Waals surface area contributed by atoms with Crippen molar-refractivity contribution in [3.8, 4) is 5.75 Å². The Hall–Kier alpha value is -5.23. The zero-order chi connectivity index (χ0) is 32.6. The average molecular weight is 631 g/mol. The molecular weight excluding hydrogens is 596 g/mol. The van der Waals surface area contributed by atoms with Gasteiger partial charge < -0.3 is 15.0 Å². The maximum Gasteiger partial charge on any atom is 0.273 e. The Morgan fingerprint density at radius 2 is 1.51 bits per heavy atom. The van der Waals surface area contributed by atoms with E-state index < -0.39 is 39.3 Å². The molecule has 12 heteroatoms. The van der Waals surface area contributed by atoms with E-state index >= 15 is 0 Å². The molecule has 234 valence electrons. The Morgan fingerprint density at radius 1 is 0.911 bits per heavy atom. The molecule has 11 nitrogen and oxygen atoms in total. The summed E-state index contributed by atoms with van der Waals surface area (Å²) in [6, 6.07) is 26.9. The van der Waals surface area contributed by atoms with Gasteiger partial charge in [0.15, 0.2) is 0 Å². The van der Waals surface area contributed by atoms with Crippen LogP contribution in [0.5, 0.6) is 5.75 Å². The number of aryl methyl sites for hydroxylation is 1. The first-order valence-electron chi connectivity index (χ1n) is 14.1. The number of anilines is 1. The van der Waals surface area contributed by atoms with Crippen molar-refractivity contribution in [1.82, 2.24) is 10.2 Å². The molecule has 0 aliphatic carbocycles. The van der Waals surface area contributed by atoms with Crippen molar-refractivity contribution in [3.63, 3.8) is 0 Å². The number of nitrogens with zero attached hydrogens (tertiary/aromatic N) is 3. The number of carbonyl (C=O) groups excluding carboxylic acids is 2. The van der Waals surface area contributed by atoms with Gasteiger partial charge in [0.25, 0.3) is 15.7 Å². The Balaban J connectivity index is 1.81. The lowest BCUT2D eigenvalue weighted by Crippen LogP contribution is -2.53. The van der Waals surface area contributed by atoms with E-state index in [2.05, 4.69) is 5.32 Å². The standard InChI is InChI=1S/C33H34N4O7S/c1-24-14-19-29(21-30(24)37(40)41)45(42,43)36(27-15-17-28(44-3)18-16-27)23-32(38)35(22-26-12-8-5-9-13-26)31(33(39)34-2)20-25-10-6-4-7-11-25/h4-19,21,31H,20,22-23H2,1-3H3,(H,34,39)/t31-/m1/s1. The smallest absolute Gasteiger partial charge is 0.273 e. The van der Waals surface area contributed by atoms with E-state index in [1.54, 1.807) is 12.1 Å². The Morgan fingerprint density at radius 3 is 2.07 bits per heavy atom. The lowest BCUT2D eigenvalue weighted by atomic mass is 10.0. The summed E-state index contributed by atoms with van der Waals surface area (Å²) in [6.45, 7) is 0.842. The number of benzene rings is 4. The predicted octanol–water partition coefficient (Wildman–Crippen LogP) is 4.49. The molecular formula is C33H34N4O7S. The molecule has 0 unspecified atom stereocenters. The van der Waals surface area contributed by atoms with Gasteiger partial charge in [-0.05, 0) is 48.4 Å². The molecule has 0 bridgehead atoms. The number of rotatable bonds is 13. The Bertz CT molecular complexity index is 1750. The highest BCUT2D eigenvalue weighted by atomic mass is 32.2. The predicted molar refractivity (Wildman–Crippen MR) is 170 cm³/mol. The number of nitrogens with one attached hydrogen (secondary N) is 1. The number of carbonyl (C=O) groups is 2. The van der Waals surface area contributed by atoms with Crippen molar-refractivity contribution in [2.45, 2.75) is 30.8 Å². The van der Waals surface area contributed by atoms with Crippen LogP contribution >= 0.6 is 0 Å². The minimum absolute atomic E-state index is 0.0249. The largest absolute Gasteiger partial charge is 0.497 e. The highest BCUT2D eigenvalue weighted by Crippen LogP contribution is 2.29. The van der Waals surface area contributed by atoms with Crippen molar-refractivity contribution in [2.24, 2.45) is 0 Å². The van der Waals surface area contributed by atoms with E-state index in [9.17, 15) is 28.1 Å². The number of likely N-dealkylation sites (N-methyl/N-ethyl adjacent to an activating group) is 1.